The smallest absolute Gasteiger partial charge is 0.335 e. The van der Waals surface area contributed by atoms with E-state index in [2.05, 4.69) is 0 Å². The normalized spacial score (nSPS) is 17.0. The molecule has 23 heavy (non-hydrogen) atoms. The average molecular weight is 331 g/mol. The maximum absolute atomic E-state index is 12.7. The van der Waals surface area contributed by atoms with E-state index >= 15 is 0 Å². The van der Waals surface area contributed by atoms with Gasteiger partial charge in [0.05, 0.1) is 4.88 Å². The van der Waals surface area contributed by atoms with Crippen LogP contribution in [0.4, 0.5) is 0 Å². The summed E-state index contributed by atoms with van der Waals surface area (Å²) < 4.78 is 0. The lowest BCUT2D eigenvalue weighted by Gasteiger charge is -2.35. The zero-order valence-corrected chi connectivity index (χ0v) is 13.3. The van der Waals surface area contributed by atoms with Crippen molar-refractivity contribution in [2.24, 2.45) is 0 Å². The Morgan fingerprint density at radius 2 is 1.74 bits per heavy atom. The molecule has 2 aromatic rings. The Kier molecular flexibility index (Phi) is 4.19. The number of aliphatic hydroxyl groups is 1. The summed E-state index contributed by atoms with van der Waals surface area (Å²) in [5.41, 5.74) is 0.157. The lowest BCUT2D eigenvalue weighted by atomic mass is 9.91. The first-order chi connectivity index (χ1) is 11.0. The van der Waals surface area contributed by atoms with E-state index in [4.69, 9.17) is 5.11 Å². The second kappa shape index (κ2) is 6.14. The molecule has 2 heterocycles. The van der Waals surface area contributed by atoms with Crippen LogP contribution in [0.25, 0.3) is 11.1 Å². The molecule has 0 spiro atoms. The lowest BCUT2D eigenvalue weighted by molar-refractivity contribution is -0.162. The molecule has 0 radical (unpaired) electrons. The monoisotopic (exact) mass is 331 g/mol. The number of carboxylic acids is 1. The van der Waals surface area contributed by atoms with E-state index in [-0.39, 0.29) is 31.8 Å². The van der Waals surface area contributed by atoms with Gasteiger partial charge in [-0.3, -0.25) is 4.79 Å². The number of piperidine rings is 1. The summed E-state index contributed by atoms with van der Waals surface area (Å²) >= 11 is 1.38. The highest BCUT2D eigenvalue weighted by Gasteiger charge is 2.40. The SMILES string of the molecule is O=C(c1sccc1-c1ccccc1)N1CCC(O)(C(=O)O)CC1. The minimum Gasteiger partial charge on any atom is -0.479 e. The van der Waals surface area contributed by atoms with E-state index in [0.29, 0.717) is 4.88 Å². The fourth-order valence-electron chi connectivity index (χ4n) is 2.76. The fraction of sp³-hybridized carbons (Fsp3) is 0.294. The molecule has 1 aromatic heterocycles. The predicted octanol–water partition coefficient (Wildman–Crippen LogP) is 2.47. The van der Waals surface area contributed by atoms with Crippen LogP contribution >= 0.6 is 11.3 Å². The highest BCUT2D eigenvalue weighted by Crippen LogP contribution is 2.31. The molecule has 1 aliphatic heterocycles. The number of carbonyl (C=O) groups is 2. The van der Waals surface area contributed by atoms with Gasteiger partial charge >= 0.3 is 5.97 Å². The van der Waals surface area contributed by atoms with Crippen LogP contribution in [0.5, 0.6) is 0 Å². The molecule has 2 N–H and O–H groups in total. The third-order valence-corrected chi connectivity index (χ3v) is 5.12. The first-order valence-electron chi connectivity index (χ1n) is 7.39. The minimum atomic E-state index is -1.71. The highest BCUT2D eigenvalue weighted by atomic mass is 32.1. The maximum Gasteiger partial charge on any atom is 0.335 e. The molecule has 0 atom stereocenters. The van der Waals surface area contributed by atoms with Crippen LogP contribution in [0.2, 0.25) is 0 Å². The van der Waals surface area contributed by atoms with Gasteiger partial charge in [-0.05, 0) is 17.0 Å². The Balaban J connectivity index is 1.78. The van der Waals surface area contributed by atoms with Crippen molar-refractivity contribution in [3.8, 4) is 11.1 Å². The molecule has 3 rings (SSSR count). The van der Waals surface area contributed by atoms with Crippen molar-refractivity contribution < 1.29 is 19.8 Å². The highest BCUT2D eigenvalue weighted by molar-refractivity contribution is 7.12. The van der Waals surface area contributed by atoms with Crippen molar-refractivity contribution in [3.63, 3.8) is 0 Å². The molecule has 1 saturated heterocycles. The number of thiophene rings is 1. The summed E-state index contributed by atoms with van der Waals surface area (Å²) in [6.07, 6.45) is 0.111. The Hall–Kier alpha value is -2.18. The number of amides is 1. The van der Waals surface area contributed by atoms with Gasteiger partial charge in [0.25, 0.3) is 5.91 Å². The second-order valence-corrected chi connectivity index (χ2v) is 6.57. The Morgan fingerprint density at radius 3 is 2.35 bits per heavy atom. The van der Waals surface area contributed by atoms with Gasteiger partial charge in [0.15, 0.2) is 5.60 Å². The largest absolute Gasteiger partial charge is 0.479 e. The number of benzene rings is 1. The Morgan fingerprint density at radius 1 is 1.09 bits per heavy atom. The summed E-state index contributed by atoms with van der Waals surface area (Å²) in [7, 11) is 0. The third-order valence-electron chi connectivity index (χ3n) is 4.22. The van der Waals surface area contributed by atoms with Crippen LogP contribution in [-0.2, 0) is 4.79 Å². The van der Waals surface area contributed by atoms with Crippen LogP contribution in [0.1, 0.15) is 22.5 Å². The second-order valence-electron chi connectivity index (χ2n) is 5.66. The van der Waals surface area contributed by atoms with E-state index in [1.807, 2.05) is 41.8 Å². The number of rotatable bonds is 3. The first kappa shape index (κ1) is 15.7. The molecule has 5 nitrogen and oxygen atoms in total. The van der Waals surface area contributed by atoms with E-state index in [1.54, 1.807) is 4.90 Å². The van der Waals surface area contributed by atoms with Crippen LogP contribution in [0.15, 0.2) is 41.8 Å². The summed E-state index contributed by atoms with van der Waals surface area (Å²) in [6, 6.07) is 11.6. The Labute approximate surface area is 137 Å². The van der Waals surface area contributed by atoms with Gasteiger partial charge in [-0.15, -0.1) is 11.3 Å². The molecule has 1 amide bonds. The number of hydrogen-bond acceptors (Lipinski definition) is 4. The topological polar surface area (TPSA) is 77.8 Å². The quantitative estimate of drug-likeness (QED) is 0.906. The van der Waals surface area contributed by atoms with Crippen molar-refractivity contribution in [1.82, 2.24) is 4.90 Å². The van der Waals surface area contributed by atoms with Crippen LogP contribution in [0.3, 0.4) is 0 Å². The summed E-state index contributed by atoms with van der Waals surface area (Å²) in [5, 5.41) is 20.9. The van der Waals surface area contributed by atoms with E-state index < -0.39 is 11.6 Å². The standard InChI is InChI=1S/C17H17NO4S/c19-15(18-9-7-17(22,8-10-18)16(20)21)14-13(6-11-23-14)12-4-2-1-3-5-12/h1-6,11,22H,7-10H2,(H,20,21). The van der Waals surface area contributed by atoms with Crippen molar-refractivity contribution in [1.29, 1.82) is 0 Å². The van der Waals surface area contributed by atoms with Gasteiger partial charge in [0.1, 0.15) is 0 Å². The lowest BCUT2D eigenvalue weighted by Crippen LogP contribution is -2.50. The third kappa shape index (κ3) is 3.00. The zero-order chi connectivity index (χ0) is 16.4. The predicted molar refractivity (Wildman–Crippen MR) is 87.5 cm³/mol. The van der Waals surface area contributed by atoms with Gasteiger partial charge in [-0.1, -0.05) is 30.3 Å². The molecule has 0 saturated carbocycles. The van der Waals surface area contributed by atoms with E-state index in [0.717, 1.165) is 11.1 Å². The number of likely N-dealkylation sites (tertiary alicyclic amines) is 1. The molecule has 120 valence electrons. The minimum absolute atomic E-state index is 0.0557. The fourth-order valence-corrected chi connectivity index (χ4v) is 3.64. The van der Waals surface area contributed by atoms with Gasteiger partial charge < -0.3 is 15.1 Å². The van der Waals surface area contributed by atoms with Crippen molar-refractivity contribution >= 4 is 23.2 Å². The number of nitrogens with zero attached hydrogens (tertiary/aromatic N) is 1. The van der Waals surface area contributed by atoms with E-state index in [9.17, 15) is 14.7 Å². The number of hydrogen-bond donors (Lipinski definition) is 2. The van der Waals surface area contributed by atoms with Crippen LogP contribution < -0.4 is 0 Å². The van der Waals surface area contributed by atoms with Crippen LogP contribution in [0, 0.1) is 0 Å². The van der Waals surface area contributed by atoms with Gasteiger partial charge in [0, 0.05) is 31.5 Å². The van der Waals surface area contributed by atoms with Gasteiger partial charge in [-0.25, -0.2) is 4.79 Å². The van der Waals surface area contributed by atoms with Crippen molar-refractivity contribution in [2.75, 3.05) is 13.1 Å². The number of aliphatic carboxylic acids is 1. The molecule has 1 aromatic carbocycles. The summed E-state index contributed by atoms with van der Waals surface area (Å²) in [6.45, 7) is 0.488. The molecular weight excluding hydrogens is 314 g/mol. The summed E-state index contributed by atoms with van der Waals surface area (Å²) in [4.78, 5) is 26.1. The Bertz CT molecular complexity index is 717. The molecule has 0 aliphatic carbocycles. The zero-order valence-electron chi connectivity index (χ0n) is 12.4. The molecule has 0 unspecified atom stereocenters. The maximum atomic E-state index is 12.7. The van der Waals surface area contributed by atoms with Gasteiger partial charge in [0.2, 0.25) is 0 Å². The summed E-state index contributed by atoms with van der Waals surface area (Å²) in [5.74, 6) is -1.32. The average Bonchev–Trinajstić information content (AvgIpc) is 3.05. The first-order valence-corrected chi connectivity index (χ1v) is 8.27. The molecule has 6 heteroatoms. The van der Waals surface area contributed by atoms with E-state index in [1.165, 1.54) is 11.3 Å². The number of carboxylic acid groups (broad SMARTS) is 1. The molecule has 1 aliphatic rings. The van der Waals surface area contributed by atoms with Crippen molar-refractivity contribution in [3.05, 3.63) is 46.7 Å². The van der Waals surface area contributed by atoms with Crippen molar-refractivity contribution in [2.45, 2.75) is 18.4 Å². The number of carbonyl (C=O) groups excluding carboxylic acids is 1. The molecule has 1 fully saturated rings. The van der Waals surface area contributed by atoms with Gasteiger partial charge in [-0.2, -0.15) is 0 Å². The molecule has 0 bridgehead atoms. The van der Waals surface area contributed by atoms with Crippen LogP contribution in [-0.4, -0.2) is 45.7 Å². The molecular formula is C17H17NO4S.